The van der Waals surface area contributed by atoms with Gasteiger partial charge in [0.15, 0.2) is 0 Å². The Morgan fingerprint density at radius 1 is 1.44 bits per heavy atom. The Hall–Kier alpha value is -2.08. The maximum Gasteiger partial charge on any atom is 0.324 e. The van der Waals surface area contributed by atoms with Crippen LogP contribution >= 0.6 is 11.3 Å². The molecule has 2 aromatic rings. The van der Waals surface area contributed by atoms with Gasteiger partial charge >= 0.3 is 5.00 Å². The van der Waals surface area contributed by atoms with Crippen LogP contribution in [0.1, 0.15) is 11.3 Å². The zero-order valence-corrected chi connectivity index (χ0v) is 8.92. The predicted molar refractivity (Wildman–Crippen MR) is 61.9 cm³/mol. The normalized spacial score (nSPS) is 10.8. The van der Waals surface area contributed by atoms with E-state index in [-0.39, 0.29) is 5.00 Å². The minimum absolute atomic E-state index is 0.141. The predicted octanol–water partition coefficient (Wildman–Crippen LogP) is 2.62. The average molecular weight is 233 g/mol. The molecule has 0 fully saturated rings. The van der Waals surface area contributed by atoms with Crippen LogP contribution in [0.25, 0.3) is 12.2 Å². The van der Waals surface area contributed by atoms with E-state index in [1.165, 1.54) is 12.4 Å². The third-order valence-electron chi connectivity index (χ3n) is 1.84. The second kappa shape index (κ2) is 4.63. The van der Waals surface area contributed by atoms with Crippen molar-refractivity contribution in [2.24, 2.45) is 0 Å². The quantitative estimate of drug-likeness (QED) is 0.603. The van der Waals surface area contributed by atoms with Gasteiger partial charge in [-0.25, -0.2) is 9.97 Å². The van der Waals surface area contributed by atoms with Gasteiger partial charge in [-0.15, -0.1) is 0 Å². The summed E-state index contributed by atoms with van der Waals surface area (Å²) in [6.07, 6.45) is 6.66. The molecule has 0 saturated carbocycles. The van der Waals surface area contributed by atoms with Gasteiger partial charge in [-0.1, -0.05) is 17.4 Å². The highest BCUT2D eigenvalue weighted by atomic mass is 32.1. The Morgan fingerprint density at radius 3 is 2.94 bits per heavy atom. The van der Waals surface area contributed by atoms with Crippen LogP contribution < -0.4 is 0 Å². The fraction of sp³-hybridized carbons (Fsp3) is 0. The zero-order valence-electron chi connectivity index (χ0n) is 8.11. The number of hydrogen-bond donors (Lipinski definition) is 0. The standard InChI is InChI=1S/C10H7N3O2S/c14-13(15)10-5-8(6-16-10)1-2-9-3-4-11-7-12-9/h1-7H. The summed E-state index contributed by atoms with van der Waals surface area (Å²) in [4.78, 5) is 17.9. The van der Waals surface area contributed by atoms with Crippen molar-refractivity contribution in [3.63, 3.8) is 0 Å². The van der Waals surface area contributed by atoms with Crippen LogP contribution in [0.3, 0.4) is 0 Å². The van der Waals surface area contributed by atoms with E-state index in [1.807, 2.05) is 0 Å². The Bertz CT molecular complexity index is 522. The van der Waals surface area contributed by atoms with E-state index in [0.717, 1.165) is 22.6 Å². The van der Waals surface area contributed by atoms with E-state index in [0.29, 0.717) is 0 Å². The van der Waals surface area contributed by atoms with Gasteiger partial charge in [0.1, 0.15) is 6.33 Å². The van der Waals surface area contributed by atoms with Crippen LogP contribution in [0.4, 0.5) is 5.00 Å². The molecule has 2 aromatic heterocycles. The SMILES string of the molecule is O=[N+]([O-])c1cc(C=Cc2ccncn2)cs1. The van der Waals surface area contributed by atoms with Gasteiger partial charge in [-0.3, -0.25) is 10.1 Å². The summed E-state index contributed by atoms with van der Waals surface area (Å²) in [6, 6.07) is 3.29. The van der Waals surface area contributed by atoms with Crippen molar-refractivity contribution in [2.75, 3.05) is 0 Å². The van der Waals surface area contributed by atoms with Crippen molar-refractivity contribution in [1.82, 2.24) is 9.97 Å². The lowest BCUT2D eigenvalue weighted by molar-refractivity contribution is -0.380. The summed E-state index contributed by atoms with van der Waals surface area (Å²) in [6.45, 7) is 0. The molecule has 0 amide bonds. The molecule has 0 N–H and O–H groups in total. The van der Waals surface area contributed by atoms with Crippen LogP contribution in [0.5, 0.6) is 0 Å². The molecule has 0 aliphatic heterocycles. The minimum atomic E-state index is -0.396. The summed E-state index contributed by atoms with van der Waals surface area (Å²) in [5.41, 5.74) is 1.57. The number of nitro groups is 1. The van der Waals surface area contributed by atoms with Crippen molar-refractivity contribution < 1.29 is 4.92 Å². The second-order valence-electron chi connectivity index (χ2n) is 2.94. The lowest BCUT2D eigenvalue weighted by atomic mass is 10.3. The molecule has 0 aliphatic carbocycles. The lowest BCUT2D eigenvalue weighted by Gasteiger charge is -1.88. The van der Waals surface area contributed by atoms with Gasteiger partial charge < -0.3 is 0 Å². The largest absolute Gasteiger partial charge is 0.324 e. The van der Waals surface area contributed by atoms with Crippen LogP contribution in [0.15, 0.2) is 30.0 Å². The molecule has 0 spiro atoms. The summed E-state index contributed by atoms with van der Waals surface area (Å²) < 4.78 is 0. The van der Waals surface area contributed by atoms with Gasteiger partial charge in [0, 0.05) is 17.6 Å². The number of hydrogen-bond acceptors (Lipinski definition) is 5. The summed E-state index contributed by atoms with van der Waals surface area (Å²) in [7, 11) is 0. The number of aromatic nitrogens is 2. The van der Waals surface area contributed by atoms with Gasteiger partial charge in [0.25, 0.3) is 0 Å². The van der Waals surface area contributed by atoms with Crippen molar-refractivity contribution in [3.8, 4) is 0 Å². The number of nitrogens with zero attached hydrogens (tertiary/aromatic N) is 3. The number of rotatable bonds is 3. The van der Waals surface area contributed by atoms with Crippen molar-refractivity contribution >= 4 is 28.5 Å². The van der Waals surface area contributed by atoms with E-state index < -0.39 is 4.92 Å². The van der Waals surface area contributed by atoms with E-state index >= 15 is 0 Å². The molecule has 0 saturated heterocycles. The van der Waals surface area contributed by atoms with Crippen LogP contribution in [0.2, 0.25) is 0 Å². The third-order valence-corrected chi connectivity index (χ3v) is 2.74. The van der Waals surface area contributed by atoms with Gasteiger partial charge in [0.05, 0.1) is 10.6 Å². The molecule has 16 heavy (non-hydrogen) atoms. The van der Waals surface area contributed by atoms with E-state index in [2.05, 4.69) is 9.97 Å². The molecular weight excluding hydrogens is 226 g/mol. The van der Waals surface area contributed by atoms with E-state index in [9.17, 15) is 10.1 Å². The van der Waals surface area contributed by atoms with Crippen molar-refractivity contribution in [2.45, 2.75) is 0 Å². The second-order valence-corrected chi connectivity index (χ2v) is 3.83. The maximum absolute atomic E-state index is 10.5. The van der Waals surface area contributed by atoms with Gasteiger partial charge in [-0.2, -0.15) is 0 Å². The van der Waals surface area contributed by atoms with Gasteiger partial charge in [-0.05, 0) is 17.7 Å². The highest BCUT2D eigenvalue weighted by molar-refractivity contribution is 7.13. The highest BCUT2D eigenvalue weighted by Gasteiger charge is 2.07. The van der Waals surface area contributed by atoms with Gasteiger partial charge in [0.2, 0.25) is 0 Å². The molecule has 0 aliphatic rings. The smallest absolute Gasteiger partial charge is 0.258 e. The van der Waals surface area contributed by atoms with Crippen LogP contribution in [-0.4, -0.2) is 14.9 Å². The molecule has 0 aromatic carbocycles. The first-order chi connectivity index (χ1) is 7.75. The fourth-order valence-corrected chi connectivity index (χ4v) is 1.80. The first-order valence-corrected chi connectivity index (χ1v) is 5.31. The Balaban J connectivity index is 2.15. The first kappa shape index (κ1) is 10.4. The summed E-state index contributed by atoms with van der Waals surface area (Å²) in [5.74, 6) is 0. The molecule has 2 heterocycles. The Morgan fingerprint density at radius 2 is 2.31 bits per heavy atom. The number of thiophene rings is 1. The third kappa shape index (κ3) is 2.48. The van der Waals surface area contributed by atoms with E-state index in [4.69, 9.17) is 0 Å². The first-order valence-electron chi connectivity index (χ1n) is 4.43. The Kier molecular flexibility index (Phi) is 3.02. The monoisotopic (exact) mass is 233 g/mol. The van der Waals surface area contributed by atoms with Crippen molar-refractivity contribution in [3.05, 3.63) is 51.4 Å². The highest BCUT2D eigenvalue weighted by Crippen LogP contribution is 2.23. The lowest BCUT2D eigenvalue weighted by Crippen LogP contribution is -1.81. The molecule has 0 radical (unpaired) electrons. The van der Waals surface area contributed by atoms with Crippen LogP contribution in [-0.2, 0) is 0 Å². The van der Waals surface area contributed by atoms with E-state index in [1.54, 1.807) is 29.8 Å². The molecular formula is C10H7N3O2S. The maximum atomic E-state index is 10.5. The topological polar surface area (TPSA) is 68.9 Å². The fourth-order valence-electron chi connectivity index (χ4n) is 1.10. The molecule has 80 valence electrons. The molecule has 0 atom stereocenters. The molecule has 5 nitrogen and oxygen atoms in total. The molecule has 2 rings (SSSR count). The molecule has 0 bridgehead atoms. The zero-order chi connectivity index (χ0) is 11.4. The molecule has 6 heteroatoms. The minimum Gasteiger partial charge on any atom is -0.258 e. The van der Waals surface area contributed by atoms with Crippen LogP contribution in [0, 0.1) is 10.1 Å². The average Bonchev–Trinajstić information content (AvgIpc) is 2.76. The Labute approximate surface area is 95.3 Å². The van der Waals surface area contributed by atoms with Crippen molar-refractivity contribution in [1.29, 1.82) is 0 Å². The molecule has 0 unspecified atom stereocenters. The summed E-state index contributed by atoms with van der Waals surface area (Å²) in [5, 5.41) is 12.3. The summed E-state index contributed by atoms with van der Waals surface area (Å²) >= 11 is 1.11.